The van der Waals surface area contributed by atoms with Gasteiger partial charge in [-0.3, -0.25) is 0 Å². The van der Waals surface area contributed by atoms with E-state index < -0.39 is 16.4 Å². The molecule has 0 saturated heterocycles. The van der Waals surface area contributed by atoms with Crippen molar-refractivity contribution in [1.82, 2.24) is 0 Å². The van der Waals surface area contributed by atoms with Crippen LogP contribution < -0.4 is 5.19 Å². The van der Waals surface area contributed by atoms with Gasteiger partial charge in [-0.25, -0.2) is 0 Å². The molecule has 0 aliphatic rings. The average Bonchev–Trinajstić information content (AvgIpc) is 2.94. The third-order valence-electron chi connectivity index (χ3n) is 6.60. The first-order chi connectivity index (χ1) is 11.6. The maximum atomic E-state index is 6.55. The van der Waals surface area contributed by atoms with Gasteiger partial charge in [0.1, 0.15) is 11.3 Å². The van der Waals surface area contributed by atoms with Crippen LogP contribution in [-0.4, -0.2) is 16.4 Å². The molecule has 1 heterocycles. The van der Waals surface area contributed by atoms with Crippen molar-refractivity contribution < 1.29 is 8.84 Å². The number of fused-ring (bicyclic) bond motifs is 1. The maximum absolute atomic E-state index is 6.55. The lowest BCUT2D eigenvalue weighted by Crippen LogP contribution is -2.48. The van der Waals surface area contributed by atoms with Crippen LogP contribution in [0.2, 0.25) is 36.3 Å². The number of para-hydroxylation sites is 1. The van der Waals surface area contributed by atoms with E-state index in [4.69, 9.17) is 8.84 Å². The third-order valence-corrected chi connectivity index (χ3v) is 16.7. The Kier molecular flexibility index (Phi) is 6.07. The van der Waals surface area contributed by atoms with Gasteiger partial charge in [0.25, 0.3) is 0 Å². The van der Waals surface area contributed by atoms with Gasteiger partial charge in [0.15, 0.2) is 8.32 Å². The van der Waals surface area contributed by atoms with Crippen molar-refractivity contribution in [3.8, 4) is 0 Å². The average molecular weight is 377 g/mol. The van der Waals surface area contributed by atoms with Gasteiger partial charge in [-0.2, -0.15) is 0 Å². The quantitative estimate of drug-likeness (QED) is 0.503. The van der Waals surface area contributed by atoms with Gasteiger partial charge >= 0.3 is 0 Å². The Balaban J connectivity index is 2.52. The summed E-state index contributed by atoms with van der Waals surface area (Å²) < 4.78 is 12.9. The zero-order valence-corrected chi connectivity index (χ0v) is 19.5. The molecule has 0 fully saturated rings. The molecule has 0 saturated carbocycles. The van der Waals surface area contributed by atoms with Crippen molar-refractivity contribution in [3.63, 3.8) is 0 Å². The molecule has 0 unspecified atom stereocenters. The first kappa shape index (κ1) is 20.5. The van der Waals surface area contributed by atoms with E-state index in [2.05, 4.69) is 78.9 Å². The molecule has 0 N–H and O–H groups in total. The molecular formula is C21H36O2Si2. The zero-order chi connectivity index (χ0) is 18.9. The Hall–Kier alpha value is -0.846. The minimum atomic E-state index is -1.79. The topological polar surface area (TPSA) is 22.4 Å². The predicted molar refractivity (Wildman–Crippen MR) is 115 cm³/mol. The van der Waals surface area contributed by atoms with Gasteiger partial charge in [0.05, 0.1) is 14.7 Å². The van der Waals surface area contributed by atoms with Gasteiger partial charge < -0.3 is 8.84 Å². The molecule has 2 nitrogen and oxygen atoms in total. The van der Waals surface area contributed by atoms with Gasteiger partial charge in [0.2, 0.25) is 0 Å². The highest BCUT2D eigenvalue weighted by Crippen LogP contribution is 2.37. The summed E-state index contributed by atoms with van der Waals surface area (Å²) in [6.45, 7) is 19.2. The van der Waals surface area contributed by atoms with E-state index in [-0.39, 0.29) is 5.04 Å². The van der Waals surface area contributed by atoms with E-state index in [9.17, 15) is 0 Å². The summed E-state index contributed by atoms with van der Waals surface area (Å²) in [7, 11) is -3.34. The molecule has 140 valence electrons. The Morgan fingerprint density at radius 3 is 2.04 bits per heavy atom. The Bertz CT molecular complexity index is 698. The summed E-state index contributed by atoms with van der Waals surface area (Å²) in [5.41, 5.74) is 1.03. The standard InChI is InChI=1S/C21H36O2Si2/c1-9-25(10-2,11-3)20-17-14-12-13-15-18(17)23-19(20)16-22-24(7,8)21(4,5)6/h12-15H,9-11,16H2,1-8H3. The van der Waals surface area contributed by atoms with E-state index in [1.54, 1.807) is 0 Å². The van der Waals surface area contributed by atoms with E-state index in [1.165, 1.54) is 28.7 Å². The number of hydrogen-bond donors (Lipinski definition) is 0. The first-order valence-corrected chi connectivity index (χ1v) is 15.3. The van der Waals surface area contributed by atoms with Gasteiger partial charge in [0, 0.05) is 5.39 Å². The van der Waals surface area contributed by atoms with Crippen LogP contribution in [0.1, 0.15) is 47.3 Å². The summed E-state index contributed by atoms with van der Waals surface area (Å²) in [4.78, 5) is 0. The fourth-order valence-corrected chi connectivity index (χ4v) is 8.50. The van der Waals surface area contributed by atoms with Crippen LogP contribution in [0.3, 0.4) is 0 Å². The molecule has 1 aromatic carbocycles. The van der Waals surface area contributed by atoms with Crippen molar-refractivity contribution in [2.75, 3.05) is 0 Å². The number of rotatable bonds is 7. The number of benzene rings is 1. The molecule has 4 heteroatoms. The fraction of sp³-hybridized carbons (Fsp3) is 0.619. The SMILES string of the molecule is CC[Si](CC)(CC)c1c(CO[Si](C)(C)C(C)(C)C)oc2ccccc12. The molecule has 0 atom stereocenters. The lowest BCUT2D eigenvalue weighted by molar-refractivity contribution is 0.251. The molecule has 25 heavy (non-hydrogen) atoms. The van der Waals surface area contributed by atoms with Gasteiger partial charge in [-0.15, -0.1) is 0 Å². The second kappa shape index (κ2) is 7.41. The van der Waals surface area contributed by atoms with Crippen molar-refractivity contribution in [3.05, 3.63) is 30.0 Å². The minimum absolute atomic E-state index is 0.216. The smallest absolute Gasteiger partial charge is 0.192 e. The molecule has 1 aromatic heterocycles. The summed E-state index contributed by atoms with van der Waals surface area (Å²) >= 11 is 0. The number of furan rings is 1. The molecule has 0 spiro atoms. The summed E-state index contributed by atoms with van der Waals surface area (Å²) in [5, 5.41) is 3.07. The van der Waals surface area contributed by atoms with Crippen LogP contribution in [0.5, 0.6) is 0 Å². The van der Waals surface area contributed by atoms with Crippen molar-refractivity contribution >= 4 is 32.5 Å². The van der Waals surface area contributed by atoms with Crippen LogP contribution in [0, 0.1) is 0 Å². The van der Waals surface area contributed by atoms with Crippen LogP contribution in [0.25, 0.3) is 11.0 Å². The zero-order valence-electron chi connectivity index (χ0n) is 17.5. The molecule has 2 rings (SSSR count). The van der Waals surface area contributed by atoms with E-state index in [0.717, 1.165) is 11.3 Å². The first-order valence-electron chi connectivity index (χ1n) is 9.76. The summed E-state index contributed by atoms with van der Waals surface area (Å²) in [6.07, 6.45) is 0. The predicted octanol–water partition coefficient (Wildman–Crippen LogP) is 6.67. The third kappa shape index (κ3) is 3.81. The van der Waals surface area contributed by atoms with Crippen molar-refractivity contribution in [1.29, 1.82) is 0 Å². The van der Waals surface area contributed by atoms with Gasteiger partial charge in [-0.05, 0) is 29.4 Å². The largest absolute Gasteiger partial charge is 0.459 e. The highest BCUT2D eigenvalue weighted by atomic mass is 28.4. The normalized spacial score (nSPS) is 13.6. The Morgan fingerprint density at radius 1 is 0.960 bits per heavy atom. The molecule has 2 aromatic rings. The van der Waals surface area contributed by atoms with Crippen molar-refractivity contribution in [2.45, 2.75) is 84.4 Å². The van der Waals surface area contributed by atoms with Crippen LogP contribution in [-0.2, 0) is 11.0 Å². The fourth-order valence-electron chi connectivity index (χ4n) is 3.52. The van der Waals surface area contributed by atoms with Crippen molar-refractivity contribution in [2.24, 2.45) is 0 Å². The minimum Gasteiger partial charge on any atom is -0.459 e. The van der Waals surface area contributed by atoms with Crippen LogP contribution in [0.15, 0.2) is 28.7 Å². The second-order valence-electron chi connectivity index (χ2n) is 8.79. The second-order valence-corrected chi connectivity index (χ2v) is 18.8. The Morgan fingerprint density at radius 2 is 1.52 bits per heavy atom. The van der Waals surface area contributed by atoms with Crippen LogP contribution >= 0.6 is 0 Å². The van der Waals surface area contributed by atoms with Crippen LogP contribution in [0.4, 0.5) is 0 Å². The molecule has 0 aliphatic heterocycles. The van der Waals surface area contributed by atoms with E-state index in [1.807, 2.05) is 0 Å². The lowest BCUT2D eigenvalue weighted by atomic mass is 10.2. The Labute approximate surface area is 156 Å². The maximum Gasteiger partial charge on any atom is 0.192 e. The monoisotopic (exact) mass is 376 g/mol. The van der Waals surface area contributed by atoms with E-state index in [0.29, 0.717) is 6.61 Å². The molecule has 0 radical (unpaired) electrons. The number of hydrogen-bond acceptors (Lipinski definition) is 2. The highest BCUT2D eigenvalue weighted by Gasteiger charge is 2.39. The summed E-state index contributed by atoms with van der Waals surface area (Å²) in [6, 6.07) is 12.3. The molecular weight excluding hydrogens is 340 g/mol. The molecule has 0 bridgehead atoms. The molecule has 0 aliphatic carbocycles. The lowest BCUT2D eigenvalue weighted by Gasteiger charge is -2.36. The van der Waals surface area contributed by atoms with E-state index >= 15 is 0 Å². The molecule has 0 amide bonds. The summed E-state index contributed by atoms with van der Waals surface area (Å²) in [5.74, 6) is 1.10. The highest BCUT2D eigenvalue weighted by molar-refractivity contribution is 6.93. The van der Waals surface area contributed by atoms with Gasteiger partial charge in [-0.1, -0.05) is 77.9 Å².